The summed E-state index contributed by atoms with van der Waals surface area (Å²) in [6, 6.07) is 0. The molecule has 0 N–H and O–H groups in total. The normalized spacial score (nSPS) is 8.57. The SMILES string of the molecule is N#CS(=O)(=O)[O-].[Cu+]. The van der Waals surface area contributed by atoms with Crippen LogP contribution in [0.5, 0.6) is 0 Å². The maximum atomic E-state index is 9.08. The van der Waals surface area contributed by atoms with Gasteiger partial charge in [0.15, 0.2) is 15.5 Å². The zero-order chi connectivity index (χ0) is 5.21. The summed E-state index contributed by atoms with van der Waals surface area (Å²) >= 11 is 0. The van der Waals surface area contributed by atoms with Gasteiger partial charge in [-0.25, -0.2) is 8.42 Å². The van der Waals surface area contributed by atoms with Crippen molar-refractivity contribution in [2.75, 3.05) is 0 Å². The van der Waals surface area contributed by atoms with Crippen LogP contribution in [0.3, 0.4) is 0 Å². The van der Waals surface area contributed by atoms with E-state index in [0.29, 0.717) is 5.40 Å². The monoisotopic (exact) mass is 169 g/mol. The van der Waals surface area contributed by atoms with Crippen LogP contribution in [0, 0.1) is 10.7 Å². The molecule has 0 aliphatic heterocycles. The van der Waals surface area contributed by atoms with Crippen molar-refractivity contribution in [1.29, 1.82) is 5.26 Å². The fourth-order valence-electron chi connectivity index (χ4n) is 0. The Kier molecular flexibility index (Phi) is 4.28. The molecule has 0 aliphatic carbocycles. The van der Waals surface area contributed by atoms with Gasteiger partial charge in [0.2, 0.25) is 0 Å². The van der Waals surface area contributed by atoms with Gasteiger partial charge >= 0.3 is 17.1 Å². The van der Waals surface area contributed by atoms with E-state index in [1.807, 2.05) is 0 Å². The van der Waals surface area contributed by atoms with Gasteiger partial charge in [-0.1, -0.05) is 0 Å². The molecule has 0 saturated heterocycles. The Morgan fingerprint density at radius 1 is 1.57 bits per heavy atom. The molecule has 0 saturated carbocycles. The van der Waals surface area contributed by atoms with Crippen LogP contribution in [0.4, 0.5) is 0 Å². The molecule has 44 valence electrons. The van der Waals surface area contributed by atoms with Gasteiger partial charge in [-0.3, -0.25) is 0 Å². The van der Waals surface area contributed by atoms with Crippen LogP contribution in [-0.2, 0) is 27.2 Å². The van der Waals surface area contributed by atoms with Gasteiger partial charge in [-0.2, -0.15) is 5.26 Å². The van der Waals surface area contributed by atoms with Crippen molar-refractivity contribution in [1.82, 2.24) is 0 Å². The fraction of sp³-hybridized carbons (Fsp3) is 0. The third-order valence-corrected chi connectivity index (χ3v) is 0.335. The summed E-state index contributed by atoms with van der Waals surface area (Å²) in [4.78, 5) is 0. The molecule has 0 aromatic rings. The molecule has 0 aromatic carbocycles. The molecule has 0 amide bonds. The summed E-state index contributed by atoms with van der Waals surface area (Å²) in [5.74, 6) is 0. The molecule has 0 spiro atoms. The molecular formula is CCuNO3S. The van der Waals surface area contributed by atoms with E-state index in [2.05, 4.69) is 0 Å². The Bertz CT molecular complexity index is 164. The maximum absolute atomic E-state index is 9.08. The van der Waals surface area contributed by atoms with E-state index in [1.165, 1.54) is 0 Å². The van der Waals surface area contributed by atoms with Crippen LogP contribution >= 0.6 is 0 Å². The molecule has 6 heteroatoms. The van der Waals surface area contributed by atoms with Gasteiger partial charge in [0, 0.05) is 0 Å². The second kappa shape index (κ2) is 2.99. The number of thiocyanates is 1. The van der Waals surface area contributed by atoms with Crippen molar-refractivity contribution in [2.45, 2.75) is 0 Å². The van der Waals surface area contributed by atoms with Crippen LogP contribution in [-0.4, -0.2) is 13.0 Å². The minimum Gasteiger partial charge on any atom is -0.736 e. The summed E-state index contributed by atoms with van der Waals surface area (Å²) in [6.45, 7) is 0. The standard InChI is InChI=1S/CHNO3S.Cu/c2-1-6(3,4)5;/h(H,3,4,5);/q;+1/p-1. The zero-order valence-corrected chi connectivity index (χ0v) is 4.64. The Balaban J connectivity index is 0. The summed E-state index contributed by atoms with van der Waals surface area (Å²) in [6.07, 6.45) is 0. The molecule has 0 fully saturated rings. The predicted molar refractivity (Wildman–Crippen MR) is 15.3 cm³/mol. The van der Waals surface area contributed by atoms with E-state index in [1.54, 1.807) is 0 Å². The third-order valence-electron chi connectivity index (χ3n) is 0.112. The Hall–Kier alpha value is -0.0805. The number of nitriles is 1. The average Bonchev–Trinajstić information content (AvgIpc) is 1.35. The van der Waals surface area contributed by atoms with Gasteiger partial charge < -0.3 is 4.55 Å². The molecule has 0 rings (SSSR count). The summed E-state index contributed by atoms with van der Waals surface area (Å²) < 4.78 is 27.2. The first-order chi connectivity index (χ1) is 2.56. The fourth-order valence-corrected chi connectivity index (χ4v) is 0. The molecule has 7 heavy (non-hydrogen) atoms. The van der Waals surface area contributed by atoms with Gasteiger partial charge in [-0.15, -0.1) is 0 Å². The van der Waals surface area contributed by atoms with Gasteiger partial charge in [0.1, 0.15) is 0 Å². The minimum atomic E-state index is -4.61. The second-order valence-corrected chi connectivity index (χ2v) is 1.64. The number of rotatable bonds is 0. The molecule has 0 unspecified atom stereocenters. The molecule has 0 atom stereocenters. The van der Waals surface area contributed by atoms with Gasteiger partial charge in [0.25, 0.3) is 0 Å². The smallest absolute Gasteiger partial charge is 0.736 e. The van der Waals surface area contributed by atoms with Gasteiger partial charge in [-0.05, 0) is 0 Å². The van der Waals surface area contributed by atoms with E-state index in [-0.39, 0.29) is 17.1 Å². The summed E-state index contributed by atoms with van der Waals surface area (Å²) in [5, 5.41) is 7.77. The second-order valence-electron chi connectivity index (χ2n) is 0.545. The van der Waals surface area contributed by atoms with Crippen molar-refractivity contribution in [2.24, 2.45) is 0 Å². The Morgan fingerprint density at radius 3 is 1.71 bits per heavy atom. The van der Waals surface area contributed by atoms with Crippen molar-refractivity contribution in [3.05, 3.63) is 0 Å². The van der Waals surface area contributed by atoms with Crippen LogP contribution in [0.1, 0.15) is 0 Å². The summed E-state index contributed by atoms with van der Waals surface area (Å²) in [7, 11) is -4.61. The number of hydrogen-bond donors (Lipinski definition) is 0. The number of nitrogens with zero attached hydrogens (tertiary/aromatic N) is 1. The molecule has 0 heterocycles. The van der Waals surface area contributed by atoms with Gasteiger partial charge in [0.05, 0.1) is 0 Å². The van der Waals surface area contributed by atoms with Crippen molar-refractivity contribution < 1.29 is 30.0 Å². The molecular weight excluding hydrogens is 170 g/mol. The number of hydrogen-bond acceptors (Lipinski definition) is 4. The largest absolute Gasteiger partial charge is 1.00 e. The quantitative estimate of drug-likeness (QED) is 0.202. The van der Waals surface area contributed by atoms with Crippen molar-refractivity contribution >= 4 is 10.1 Å². The van der Waals surface area contributed by atoms with Crippen molar-refractivity contribution in [3.63, 3.8) is 0 Å². The molecule has 0 aromatic heterocycles. The van der Waals surface area contributed by atoms with E-state index in [9.17, 15) is 0 Å². The van der Waals surface area contributed by atoms with Crippen molar-refractivity contribution in [3.8, 4) is 5.40 Å². The molecule has 4 nitrogen and oxygen atoms in total. The molecule has 0 bridgehead atoms. The molecule has 0 radical (unpaired) electrons. The zero-order valence-electron chi connectivity index (χ0n) is 2.88. The van der Waals surface area contributed by atoms with E-state index in [4.69, 9.17) is 18.2 Å². The Labute approximate surface area is 51.4 Å². The predicted octanol–water partition coefficient (Wildman–Crippen LogP) is -0.990. The van der Waals surface area contributed by atoms with Crippen LogP contribution in [0.15, 0.2) is 0 Å². The third kappa shape index (κ3) is 10.7. The molecule has 0 aliphatic rings. The average molecular weight is 170 g/mol. The van der Waals surface area contributed by atoms with Crippen LogP contribution < -0.4 is 0 Å². The van der Waals surface area contributed by atoms with Crippen LogP contribution in [0.2, 0.25) is 0 Å². The Morgan fingerprint density at radius 2 is 1.71 bits per heavy atom. The van der Waals surface area contributed by atoms with E-state index >= 15 is 0 Å². The maximum Gasteiger partial charge on any atom is 1.00 e. The minimum absolute atomic E-state index is 0. The van der Waals surface area contributed by atoms with E-state index < -0.39 is 10.1 Å². The first-order valence-electron chi connectivity index (χ1n) is 0.928. The van der Waals surface area contributed by atoms with E-state index in [0.717, 1.165) is 0 Å². The first-order valence-corrected chi connectivity index (χ1v) is 2.34. The summed E-state index contributed by atoms with van der Waals surface area (Å²) in [5.41, 5.74) is 0. The topological polar surface area (TPSA) is 81.0 Å². The first kappa shape index (κ1) is 10.0. The van der Waals surface area contributed by atoms with Crippen LogP contribution in [0.25, 0.3) is 0 Å².